The van der Waals surface area contributed by atoms with Gasteiger partial charge >= 0.3 is 5.97 Å². The van der Waals surface area contributed by atoms with E-state index in [2.05, 4.69) is 15.2 Å². The highest BCUT2D eigenvalue weighted by atomic mass is 19.1. The van der Waals surface area contributed by atoms with E-state index in [0.717, 1.165) is 0 Å². The summed E-state index contributed by atoms with van der Waals surface area (Å²) in [6, 6.07) is 5.60. The summed E-state index contributed by atoms with van der Waals surface area (Å²) in [7, 11) is 0. The van der Waals surface area contributed by atoms with E-state index in [4.69, 9.17) is 5.11 Å². The molecule has 7 heteroatoms. The lowest BCUT2D eigenvalue weighted by Gasteiger charge is -2.07. The highest BCUT2D eigenvalue weighted by Crippen LogP contribution is 2.21. The lowest BCUT2D eigenvalue weighted by Crippen LogP contribution is -2.05. The number of carboxylic acid groups (broad SMARTS) is 1. The molecule has 0 saturated heterocycles. The SMILES string of the molecule is O=C(O)c1nnc(C(O)c2ccccc2F)[nH]1. The molecule has 1 aromatic carbocycles. The van der Waals surface area contributed by atoms with Crippen molar-refractivity contribution < 1.29 is 19.4 Å². The lowest BCUT2D eigenvalue weighted by molar-refractivity contribution is 0.0684. The van der Waals surface area contributed by atoms with Crippen molar-refractivity contribution in [2.45, 2.75) is 6.10 Å². The summed E-state index contributed by atoms with van der Waals surface area (Å²) in [5.41, 5.74) is 0.000545. The number of carbonyl (C=O) groups is 1. The fourth-order valence-electron chi connectivity index (χ4n) is 1.34. The number of hydrogen-bond donors (Lipinski definition) is 3. The molecule has 17 heavy (non-hydrogen) atoms. The van der Waals surface area contributed by atoms with E-state index < -0.39 is 23.7 Å². The van der Waals surface area contributed by atoms with Crippen LogP contribution in [0.5, 0.6) is 0 Å². The normalized spacial score (nSPS) is 12.4. The first-order valence-electron chi connectivity index (χ1n) is 4.68. The van der Waals surface area contributed by atoms with Crippen molar-refractivity contribution in [2.24, 2.45) is 0 Å². The Bertz CT molecular complexity index is 555. The van der Waals surface area contributed by atoms with Gasteiger partial charge in [-0.2, -0.15) is 0 Å². The number of nitrogens with one attached hydrogen (secondary N) is 1. The van der Waals surface area contributed by atoms with Gasteiger partial charge in [-0.05, 0) is 6.07 Å². The first-order chi connectivity index (χ1) is 8.09. The van der Waals surface area contributed by atoms with Crippen molar-refractivity contribution in [3.8, 4) is 0 Å². The van der Waals surface area contributed by atoms with Crippen LogP contribution in [0.15, 0.2) is 24.3 Å². The number of nitrogens with zero attached hydrogens (tertiary/aromatic N) is 2. The van der Waals surface area contributed by atoms with Crippen LogP contribution in [0.3, 0.4) is 0 Å². The molecular weight excluding hydrogens is 229 g/mol. The van der Waals surface area contributed by atoms with Gasteiger partial charge in [0.05, 0.1) is 0 Å². The topological polar surface area (TPSA) is 99.1 Å². The number of halogens is 1. The Labute approximate surface area is 94.8 Å². The molecule has 1 heterocycles. The number of aliphatic hydroxyl groups is 1. The molecular formula is C10H8FN3O3. The number of carboxylic acids is 1. The van der Waals surface area contributed by atoms with Crippen LogP contribution < -0.4 is 0 Å². The van der Waals surface area contributed by atoms with Gasteiger partial charge in [-0.15, -0.1) is 10.2 Å². The van der Waals surface area contributed by atoms with Gasteiger partial charge in [-0.1, -0.05) is 18.2 Å². The maximum atomic E-state index is 13.4. The molecule has 0 aliphatic carbocycles. The fraction of sp³-hybridized carbons (Fsp3) is 0.100. The van der Waals surface area contributed by atoms with Gasteiger partial charge in [-0.3, -0.25) is 0 Å². The second kappa shape index (κ2) is 4.30. The third kappa shape index (κ3) is 2.13. The van der Waals surface area contributed by atoms with Gasteiger partial charge in [-0.25, -0.2) is 9.18 Å². The fourth-order valence-corrected chi connectivity index (χ4v) is 1.34. The zero-order chi connectivity index (χ0) is 12.4. The lowest BCUT2D eigenvalue weighted by atomic mass is 10.1. The number of H-pyrrole nitrogens is 1. The molecule has 0 aliphatic rings. The standard InChI is InChI=1S/C10H8FN3O3/c11-6-4-2-1-3-5(6)7(15)8-12-9(10(16)17)14-13-8/h1-4,7,15H,(H,16,17)(H,12,13,14). The van der Waals surface area contributed by atoms with Gasteiger partial charge in [0.25, 0.3) is 0 Å². The van der Waals surface area contributed by atoms with E-state index in [1.165, 1.54) is 18.2 Å². The highest BCUT2D eigenvalue weighted by molar-refractivity contribution is 5.82. The summed E-state index contributed by atoms with van der Waals surface area (Å²) in [5, 5.41) is 25.2. The van der Waals surface area contributed by atoms with Gasteiger partial charge in [0.2, 0.25) is 5.82 Å². The van der Waals surface area contributed by atoms with Crippen LogP contribution in [0.4, 0.5) is 4.39 Å². The zero-order valence-corrected chi connectivity index (χ0v) is 8.46. The first-order valence-corrected chi connectivity index (χ1v) is 4.68. The van der Waals surface area contributed by atoms with Gasteiger partial charge in [0.1, 0.15) is 11.9 Å². The summed E-state index contributed by atoms with van der Waals surface area (Å²) in [5.74, 6) is -2.43. The molecule has 0 amide bonds. The van der Waals surface area contributed by atoms with Gasteiger partial charge < -0.3 is 15.2 Å². The third-order valence-corrected chi connectivity index (χ3v) is 2.17. The van der Waals surface area contributed by atoms with Crippen LogP contribution >= 0.6 is 0 Å². The number of benzene rings is 1. The van der Waals surface area contributed by atoms with Crippen molar-refractivity contribution in [1.82, 2.24) is 15.2 Å². The molecule has 0 aliphatic heterocycles. The Hall–Kier alpha value is -2.28. The quantitative estimate of drug-likeness (QED) is 0.730. The van der Waals surface area contributed by atoms with Crippen molar-refractivity contribution in [1.29, 1.82) is 0 Å². The molecule has 1 atom stereocenters. The van der Waals surface area contributed by atoms with E-state index in [1.807, 2.05) is 0 Å². The van der Waals surface area contributed by atoms with E-state index in [1.54, 1.807) is 6.07 Å². The van der Waals surface area contributed by atoms with Crippen molar-refractivity contribution in [3.63, 3.8) is 0 Å². The zero-order valence-electron chi connectivity index (χ0n) is 8.46. The summed E-state index contributed by atoms with van der Waals surface area (Å²) in [6.07, 6.45) is -1.38. The number of aliphatic hydroxyl groups excluding tert-OH is 1. The number of aromatic nitrogens is 3. The van der Waals surface area contributed by atoms with Crippen LogP contribution in [0.2, 0.25) is 0 Å². The summed E-state index contributed by atoms with van der Waals surface area (Å²) < 4.78 is 13.4. The Morgan fingerprint density at radius 1 is 1.35 bits per heavy atom. The number of aromatic amines is 1. The second-order valence-corrected chi connectivity index (χ2v) is 3.29. The maximum Gasteiger partial charge on any atom is 0.373 e. The molecule has 0 fully saturated rings. The smallest absolute Gasteiger partial charge is 0.373 e. The molecule has 2 rings (SSSR count). The van der Waals surface area contributed by atoms with E-state index >= 15 is 0 Å². The van der Waals surface area contributed by atoms with Crippen LogP contribution in [0.25, 0.3) is 0 Å². The average Bonchev–Trinajstić information content (AvgIpc) is 2.78. The number of rotatable bonds is 3. The Morgan fingerprint density at radius 3 is 2.65 bits per heavy atom. The van der Waals surface area contributed by atoms with Crippen molar-refractivity contribution >= 4 is 5.97 Å². The molecule has 3 N–H and O–H groups in total. The number of hydrogen-bond acceptors (Lipinski definition) is 4. The van der Waals surface area contributed by atoms with E-state index in [0.29, 0.717) is 0 Å². The van der Waals surface area contributed by atoms with Gasteiger partial charge in [0, 0.05) is 5.56 Å². The molecule has 1 aromatic heterocycles. The summed E-state index contributed by atoms with van der Waals surface area (Å²) in [6.45, 7) is 0. The number of aromatic carboxylic acids is 1. The Morgan fingerprint density at radius 2 is 2.06 bits per heavy atom. The molecule has 0 bridgehead atoms. The summed E-state index contributed by atoms with van der Waals surface area (Å²) >= 11 is 0. The minimum Gasteiger partial charge on any atom is -0.475 e. The molecule has 0 saturated carbocycles. The third-order valence-electron chi connectivity index (χ3n) is 2.17. The Kier molecular flexibility index (Phi) is 2.84. The predicted molar refractivity (Wildman–Crippen MR) is 53.8 cm³/mol. The highest BCUT2D eigenvalue weighted by Gasteiger charge is 2.20. The molecule has 2 aromatic rings. The monoisotopic (exact) mass is 237 g/mol. The molecule has 88 valence electrons. The molecule has 6 nitrogen and oxygen atoms in total. The molecule has 0 radical (unpaired) electrons. The largest absolute Gasteiger partial charge is 0.475 e. The van der Waals surface area contributed by atoms with E-state index in [-0.39, 0.29) is 11.4 Å². The average molecular weight is 237 g/mol. The van der Waals surface area contributed by atoms with Crippen molar-refractivity contribution in [2.75, 3.05) is 0 Å². The first kappa shape index (κ1) is 11.2. The van der Waals surface area contributed by atoms with Crippen molar-refractivity contribution in [3.05, 3.63) is 47.3 Å². The van der Waals surface area contributed by atoms with Crippen LogP contribution in [-0.4, -0.2) is 31.4 Å². The predicted octanol–water partition coefficient (Wildman–Crippen LogP) is 0.724. The van der Waals surface area contributed by atoms with Crippen LogP contribution in [-0.2, 0) is 0 Å². The maximum absolute atomic E-state index is 13.4. The molecule has 1 unspecified atom stereocenters. The minimum atomic E-state index is -1.38. The molecule has 0 spiro atoms. The van der Waals surface area contributed by atoms with Gasteiger partial charge in [0.15, 0.2) is 5.82 Å². The van der Waals surface area contributed by atoms with Crippen LogP contribution in [0.1, 0.15) is 28.1 Å². The second-order valence-electron chi connectivity index (χ2n) is 3.29. The summed E-state index contributed by atoms with van der Waals surface area (Å²) in [4.78, 5) is 12.9. The van der Waals surface area contributed by atoms with Crippen LogP contribution in [0, 0.1) is 5.82 Å². The minimum absolute atomic E-state index is 0.000545. The Balaban J connectivity index is 2.34. The van der Waals surface area contributed by atoms with E-state index in [9.17, 15) is 14.3 Å².